The molecule has 112 valence electrons. The Morgan fingerprint density at radius 2 is 2.18 bits per heavy atom. The third kappa shape index (κ3) is 3.88. The van der Waals surface area contributed by atoms with Gasteiger partial charge in [0.05, 0.1) is 12.8 Å². The van der Waals surface area contributed by atoms with Gasteiger partial charge in [-0.3, -0.25) is 4.79 Å². The van der Waals surface area contributed by atoms with Gasteiger partial charge in [-0.2, -0.15) is 5.26 Å². The number of methoxy groups -OCH3 is 1. The van der Waals surface area contributed by atoms with E-state index in [0.29, 0.717) is 16.5 Å². The third-order valence-corrected chi connectivity index (χ3v) is 4.01. The van der Waals surface area contributed by atoms with E-state index in [4.69, 9.17) is 16.3 Å². The molecule has 1 amide bonds. The van der Waals surface area contributed by atoms with Crippen molar-refractivity contribution in [2.24, 2.45) is 0 Å². The Kier molecular flexibility index (Phi) is 5.21. The van der Waals surface area contributed by atoms with Crippen molar-refractivity contribution in [1.82, 2.24) is 0 Å². The van der Waals surface area contributed by atoms with Gasteiger partial charge in [-0.05, 0) is 43.3 Å². The summed E-state index contributed by atoms with van der Waals surface area (Å²) in [6, 6.07) is 10.6. The van der Waals surface area contributed by atoms with Crippen LogP contribution < -0.4 is 10.1 Å². The van der Waals surface area contributed by atoms with Gasteiger partial charge in [0, 0.05) is 14.8 Å². The number of thiophene rings is 1. The number of carbonyl (C=O) groups is 1. The Balaban J connectivity index is 2.25. The Hall–Kier alpha value is -2.29. The zero-order valence-corrected chi connectivity index (χ0v) is 13.6. The summed E-state index contributed by atoms with van der Waals surface area (Å²) in [7, 11) is 1.49. The third-order valence-electron chi connectivity index (χ3n) is 2.82. The molecule has 0 saturated carbocycles. The summed E-state index contributed by atoms with van der Waals surface area (Å²) in [5.74, 6) is -0.0314. The van der Waals surface area contributed by atoms with Crippen molar-refractivity contribution in [2.75, 3.05) is 12.4 Å². The molecule has 0 bridgehead atoms. The van der Waals surface area contributed by atoms with E-state index >= 15 is 0 Å². The number of aryl methyl sites for hydroxylation is 1. The van der Waals surface area contributed by atoms with Crippen molar-refractivity contribution >= 4 is 40.6 Å². The molecule has 0 aliphatic heterocycles. The first-order valence-electron chi connectivity index (χ1n) is 6.36. The first-order valence-corrected chi connectivity index (χ1v) is 7.56. The minimum absolute atomic E-state index is 0.0175. The fourth-order valence-corrected chi connectivity index (χ4v) is 2.78. The van der Waals surface area contributed by atoms with E-state index in [1.807, 2.05) is 25.1 Å². The molecule has 2 aromatic rings. The van der Waals surface area contributed by atoms with Crippen LogP contribution in [0.1, 0.15) is 9.75 Å². The second-order valence-electron chi connectivity index (χ2n) is 4.42. The fourth-order valence-electron chi connectivity index (χ4n) is 1.79. The molecule has 1 N–H and O–H groups in total. The number of rotatable bonds is 4. The number of amides is 1. The minimum Gasteiger partial charge on any atom is -0.495 e. The lowest BCUT2D eigenvalue weighted by Crippen LogP contribution is -2.14. The van der Waals surface area contributed by atoms with Gasteiger partial charge in [-0.15, -0.1) is 11.3 Å². The largest absolute Gasteiger partial charge is 0.495 e. The molecule has 0 unspecified atom stereocenters. The lowest BCUT2D eigenvalue weighted by Gasteiger charge is -2.10. The second kappa shape index (κ2) is 7.12. The predicted molar refractivity (Wildman–Crippen MR) is 89.3 cm³/mol. The van der Waals surface area contributed by atoms with Gasteiger partial charge in [-0.25, -0.2) is 0 Å². The van der Waals surface area contributed by atoms with Crippen molar-refractivity contribution in [3.63, 3.8) is 0 Å². The van der Waals surface area contributed by atoms with Gasteiger partial charge in [0.25, 0.3) is 5.91 Å². The number of nitrogens with one attached hydrogen (secondary N) is 1. The molecule has 4 nitrogen and oxygen atoms in total. The lowest BCUT2D eigenvalue weighted by molar-refractivity contribution is -0.112. The molecule has 22 heavy (non-hydrogen) atoms. The maximum Gasteiger partial charge on any atom is 0.266 e. The van der Waals surface area contributed by atoms with Crippen LogP contribution in [0.4, 0.5) is 5.69 Å². The topological polar surface area (TPSA) is 62.1 Å². The normalized spacial score (nSPS) is 10.9. The number of nitriles is 1. The zero-order chi connectivity index (χ0) is 16.1. The second-order valence-corrected chi connectivity index (χ2v) is 6.17. The first kappa shape index (κ1) is 16.1. The smallest absolute Gasteiger partial charge is 0.266 e. The molecule has 1 aromatic carbocycles. The monoisotopic (exact) mass is 332 g/mol. The Bertz CT molecular complexity index is 775. The lowest BCUT2D eigenvalue weighted by atomic mass is 10.2. The maximum atomic E-state index is 12.2. The summed E-state index contributed by atoms with van der Waals surface area (Å²) < 4.78 is 5.16. The zero-order valence-electron chi connectivity index (χ0n) is 12.0. The Labute approximate surface area is 137 Å². The van der Waals surface area contributed by atoms with E-state index < -0.39 is 5.91 Å². The molecule has 0 aliphatic carbocycles. The van der Waals surface area contributed by atoms with Gasteiger partial charge in [0.15, 0.2) is 0 Å². The van der Waals surface area contributed by atoms with E-state index in [1.165, 1.54) is 18.4 Å². The molecule has 0 atom stereocenters. The quantitative estimate of drug-likeness (QED) is 0.672. The Morgan fingerprint density at radius 1 is 1.41 bits per heavy atom. The van der Waals surface area contributed by atoms with Gasteiger partial charge in [-0.1, -0.05) is 11.6 Å². The number of benzene rings is 1. The van der Waals surface area contributed by atoms with Gasteiger partial charge < -0.3 is 10.1 Å². The number of halogens is 1. The number of hydrogen-bond acceptors (Lipinski definition) is 4. The molecule has 6 heteroatoms. The van der Waals surface area contributed by atoms with Crippen molar-refractivity contribution < 1.29 is 9.53 Å². The highest BCUT2D eigenvalue weighted by Gasteiger charge is 2.13. The van der Waals surface area contributed by atoms with Gasteiger partial charge >= 0.3 is 0 Å². The molecule has 0 fully saturated rings. The van der Waals surface area contributed by atoms with Crippen molar-refractivity contribution in [1.29, 1.82) is 5.26 Å². The van der Waals surface area contributed by atoms with Crippen LogP contribution in [-0.2, 0) is 4.79 Å². The van der Waals surface area contributed by atoms with E-state index in [1.54, 1.807) is 24.3 Å². The summed E-state index contributed by atoms with van der Waals surface area (Å²) in [5.41, 5.74) is 0.437. The van der Waals surface area contributed by atoms with E-state index in [2.05, 4.69) is 5.32 Å². The average Bonchev–Trinajstić information content (AvgIpc) is 2.90. The van der Waals surface area contributed by atoms with Crippen molar-refractivity contribution in [3.05, 3.63) is 50.7 Å². The molecular weight excluding hydrogens is 320 g/mol. The number of hydrogen-bond donors (Lipinski definition) is 1. The summed E-state index contributed by atoms with van der Waals surface area (Å²) in [6.45, 7) is 1.96. The minimum atomic E-state index is -0.505. The average molecular weight is 333 g/mol. The molecule has 2 rings (SSSR count). The van der Waals surface area contributed by atoms with Crippen LogP contribution in [-0.4, -0.2) is 13.0 Å². The van der Waals surface area contributed by atoms with Gasteiger partial charge in [0.2, 0.25) is 0 Å². The molecule has 0 aliphatic rings. The van der Waals surface area contributed by atoms with Crippen LogP contribution in [0.2, 0.25) is 5.02 Å². The molecule has 0 saturated heterocycles. The van der Waals surface area contributed by atoms with Crippen molar-refractivity contribution in [3.8, 4) is 11.8 Å². The predicted octanol–water partition coefficient (Wildman–Crippen LogP) is 4.26. The first-order chi connectivity index (χ1) is 10.5. The maximum absolute atomic E-state index is 12.2. The van der Waals surface area contributed by atoms with Crippen LogP contribution in [0.15, 0.2) is 35.9 Å². The van der Waals surface area contributed by atoms with Crippen molar-refractivity contribution in [2.45, 2.75) is 6.92 Å². The molecule has 0 radical (unpaired) electrons. The molecule has 0 spiro atoms. The summed E-state index contributed by atoms with van der Waals surface area (Å²) in [5, 5.41) is 12.3. The van der Waals surface area contributed by atoms with Gasteiger partial charge in [0.1, 0.15) is 17.4 Å². The highest BCUT2D eigenvalue weighted by atomic mass is 35.5. The van der Waals surface area contributed by atoms with E-state index in [-0.39, 0.29) is 5.57 Å². The highest BCUT2D eigenvalue weighted by Crippen LogP contribution is 2.28. The van der Waals surface area contributed by atoms with E-state index in [0.717, 1.165) is 9.75 Å². The van der Waals surface area contributed by atoms with Crippen LogP contribution in [0, 0.1) is 18.3 Å². The van der Waals surface area contributed by atoms with E-state index in [9.17, 15) is 10.1 Å². The fraction of sp³-hybridized carbons (Fsp3) is 0.125. The number of carbonyl (C=O) groups excluding carboxylic acids is 1. The Morgan fingerprint density at radius 3 is 2.77 bits per heavy atom. The van der Waals surface area contributed by atoms with Crippen LogP contribution in [0.25, 0.3) is 6.08 Å². The van der Waals surface area contributed by atoms with Crippen LogP contribution >= 0.6 is 22.9 Å². The van der Waals surface area contributed by atoms with Crippen LogP contribution in [0.5, 0.6) is 5.75 Å². The molecule has 1 heterocycles. The SMILES string of the molecule is COc1ccc(Cl)cc1NC(=O)C(C#N)=Cc1ccc(C)s1. The highest BCUT2D eigenvalue weighted by molar-refractivity contribution is 7.12. The standard InChI is InChI=1S/C16H13ClN2O2S/c1-10-3-5-13(22-10)7-11(9-18)16(20)19-14-8-12(17)4-6-15(14)21-2/h3-8H,1-2H3,(H,19,20). The number of ether oxygens (including phenoxy) is 1. The summed E-state index contributed by atoms with van der Waals surface area (Å²) in [4.78, 5) is 14.2. The summed E-state index contributed by atoms with van der Waals surface area (Å²) >= 11 is 7.43. The molecule has 1 aromatic heterocycles. The number of anilines is 1. The summed E-state index contributed by atoms with van der Waals surface area (Å²) in [6.07, 6.45) is 1.56. The molecular formula is C16H13ClN2O2S. The van der Waals surface area contributed by atoms with Crippen LogP contribution in [0.3, 0.4) is 0 Å². The number of nitrogens with zero attached hydrogens (tertiary/aromatic N) is 1.